The number of thiazole rings is 1. The Morgan fingerprint density at radius 3 is 2.57 bits per heavy atom. The fourth-order valence-electron chi connectivity index (χ4n) is 3.08. The Labute approximate surface area is 178 Å². The van der Waals surface area contributed by atoms with Crippen molar-refractivity contribution in [2.75, 3.05) is 5.32 Å². The number of ether oxygens (including phenoxy) is 1. The lowest BCUT2D eigenvalue weighted by atomic mass is 10.1. The monoisotopic (exact) mass is 416 g/mol. The summed E-state index contributed by atoms with van der Waals surface area (Å²) in [7, 11) is 0. The molecule has 3 aromatic carbocycles. The Bertz CT molecular complexity index is 1200. The molecule has 1 N–H and O–H groups in total. The van der Waals surface area contributed by atoms with Crippen LogP contribution in [-0.4, -0.2) is 23.0 Å². The average molecular weight is 417 g/mol. The summed E-state index contributed by atoms with van der Waals surface area (Å²) >= 11 is 1.51. The van der Waals surface area contributed by atoms with E-state index in [9.17, 15) is 9.59 Å². The van der Waals surface area contributed by atoms with Crippen molar-refractivity contribution in [1.29, 1.82) is 0 Å². The number of para-hydroxylation sites is 1. The molecule has 5 nitrogen and oxygen atoms in total. The molecule has 1 amide bonds. The Hall–Kier alpha value is -3.51. The number of nitrogens with zero attached hydrogens (tertiary/aromatic N) is 1. The molecule has 0 aliphatic heterocycles. The number of carbonyl (C=O) groups excluding carboxylic acids is 2. The van der Waals surface area contributed by atoms with Crippen molar-refractivity contribution in [3.05, 3.63) is 83.9 Å². The van der Waals surface area contributed by atoms with Gasteiger partial charge in [0, 0.05) is 11.3 Å². The molecule has 0 bridgehead atoms. The van der Waals surface area contributed by atoms with Crippen LogP contribution in [0.4, 0.5) is 5.69 Å². The lowest BCUT2D eigenvalue weighted by Crippen LogP contribution is -2.30. The first kappa shape index (κ1) is 19.8. The molecule has 0 saturated carbocycles. The molecule has 30 heavy (non-hydrogen) atoms. The SMILES string of the molecule is Cc1cccc(NC(=O)C(C)OC(=O)c2ccccc2-c2nc3ccccc3s2)c1. The Morgan fingerprint density at radius 2 is 1.77 bits per heavy atom. The van der Waals surface area contributed by atoms with E-state index in [0.717, 1.165) is 20.8 Å². The maximum atomic E-state index is 12.9. The summed E-state index contributed by atoms with van der Waals surface area (Å²) in [5, 5.41) is 3.51. The average Bonchev–Trinajstić information content (AvgIpc) is 3.18. The minimum Gasteiger partial charge on any atom is -0.449 e. The van der Waals surface area contributed by atoms with E-state index in [1.165, 1.54) is 11.3 Å². The number of esters is 1. The summed E-state index contributed by atoms with van der Waals surface area (Å²) in [6, 6.07) is 22.4. The van der Waals surface area contributed by atoms with Crippen molar-refractivity contribution in [3.63, 3.8) is 0 Å². The van der Waals surface area contributed by atoms with Crippen LogP contribution in [0.2, 0.25) is 0 Å². The third-order valence-electron chi connectivity index (χ3n) is 4.61. The lowest BCUT2D eigenvalue weighted by Gasteiger charge is -2.15. The van der Waals surface area contributed by atoms with Crippen molar-refractivity contribution >= 4 is 39.1 Å². The van der Waals surface area contributed by atoms with Crippen LogP contribution in [0.15, 0.2) is 72.8 Å². The third kappa shape index (κ3) is 4.23. The molecular weight excluding hydrogens is 396 g/mol. The van der Waals surface area contributed by atoms with Gasteiger partial charge in [0.2, 0.25) is 0 Å². The van der Waals surface area contributed by atoms with Crippen molar-refractivity contribution in [3.8, 4) is 10.6 Å². The molecular formula is C24H20N2O3S. The van der Waals surface area contributed by atoms with E-state index in [4.69, 9.17) is 4.74 Å². The Kier molecular flexibility index (Phi) is 5.59. The van der Waals surface area contributed by atoms with E-state index in [1.54, 1.807) is 25.1 Å². The minimum absolute atomic E-state index is 0.381. The molecule has 0 aliphatic carbocycles. The molecule has 0 saturated heterocycles. The van der Waals surface area contributed by atoms with Gasteiger partial charge in [-0.3, -0.25) is 4.79 Å². The van der Waals surface area contributed by atoms with Crippen LogP contribution < -0.4 is 5.32 Å². The van der Waals surface area contributed by atoms with E-state index in [-0.39, 0.29) is 5.91 Å². The number of rotatable bonds is 5. The van der Waals surface area contributed by atoms with E-state index in [0.29, 0.717) is 16.8 Å². The first-order chi connectivity index (χ1) is 14.5. The van der Waals surface area contributed by atoms with Crippen LogP contribution in [0, 0.1) is 6.92 Å². The second kappa shape index (κ2) is 8.47. The Balaban J connectivity index is 1.53. The third-order valence-corrected chi connectivity index (χ3v) is 5.68. The fraction of sp³-hybridized carbons (Fsp3) is 0.125. The van der Waals surface area contributed by atoms with E-state index in [1.807, 2.05) is 61.5 Å². The predicted molar refractivity (Wildman–Crippen MR) is 120 cm³/mol. The number of benzene rings is 3. The zero-order valence-corrected chi connectivity index (χ0v) is 17.4. The molecule has 4 rings (SSSR count). The highest BCUT2D eigenvalue weighted by Crippen LogP contribution is 2.32. The standard InChI is InChI=1S/C24H20N2O3S/c1-15-8-7-9-17(14-15)25-22(27)16(2)29-24(28)19-11-4-3-10-18(19)23-26-20-12-5-6-13-21(20)30-23/h3-14,16H,1-2H3,(H,25,27). The second-order valence-corrected chi connectivity index (χ2v) is 7.97. The van der Waals surface area contributed by atoms with Gasteiger partial charge in [0.1, 0.15) is 5.01 Å². The number of nitrogens with one attached hydrogen (secondary N) is 1. The zero-order valence-electron chi connectivity index (χ0n) is 16.6. The van der Waals surface area contributed by atoms with Crippen LogP contribution in [0.1, 0.15) is 22.8 Å². The van der Waals surface area contributed by atoms with Crippen molar-refractivity contribution in [2.24, 2.45) is 0 Å². The van der Waals surface area contributed by atoms with Gasteiger partial charge in [0.25, 0.3) is 5.91 Å². The maximum Gasteiger partial charge on any atom is 0.339 e. The van der Waals surface area contributed by atoms with Gasteiger partial charge < -0.3 is 10.1 Å². The molecule has 6 heteroatoms. The number of hydrogen-bond donors (Lipinski definition) is 1. The van der Waals surface area contributed by atoms with Gasteiger partial charge >= 0.3 is 5.97 Å². The number of aromatic nitrogens is 1. The molecule has 1 heterocycles. The van der Waals surface area contributed by atoms with Gasteiger partial charge in [0.05, 0.1) is 15.8 Å². The summed E-state index contributed by atoms with van der Waals surface area (Å²) in [6.45, 7) is 3.50. The highest BCUT2D eigenvalue weighted by atomic mass is 32.1. The molecule has 4 aromatic rings. The molecule has 0 fully saturated rings. The maximum absolute atomic E-state index is 12.9. The van der Waals surface area contributed by atoms with Crippen molar-refractivity contribution in [1.82, 2.24) is 4.98 Å². The number of hydrogen-bond acceptors (Lipinski definition) is 5. The van der Waals surface area contributed by atoms with Gasteiger partial charge in [-0.25, -0.2) is 9.78 Å². The quantitative estimate of drug-likeness (QED) is 0.439. The highest BCUT2D eigenvalue weighted by Gasteiger charge is 2.22. The molecule has 0 spiro atoms. The number of carbonyl (C=O) groups is 2. The fourth-order valence-corrected chi connectivity index (χ4v) is 4.08. The number of anilines is 1. The van der Waals surface area contributed by atoms with Gasteiger partial charge in [-0.05, 0) is 49.7 Å². The number of aryl methyl sites for hydroxylation is 1. The van der Waals surface area contributed by atoms with Crippen LogP contribution in [0.3, 0.4) is 0 Å². The van der Waals surface area contributed by atoms with Crippen molar-refractivity contribution in [2.45, 2.75) is 20.0 Å². The second-order valence-electron chi connectivity index (χ2n) is 6.94. The first-order valence-electron chi connectivity index (χ1n) is 9.55. The normalized spacial score (nSPS) is 11.8. The summed E-state index contributed by atoms with van der Waals surface area (Å²) in [5.41, 5.74) is 3.65. The summed E-state index contributed by atoms with van der Waals surface area (Å²) in [4.78, 5) is 30.0. The predicted octanol–water partition coefficient (Wildman–Crippen LogP) is 5.46. The molecule has 1 aromatic heterocycles. The van der Waals surface area contributed by atoms with Crippen LogP contribution >= 0.6 is 11.3 Å². The first-order valence-corrected chi connectivity index (χ1v) is 10.4. The molecule has 0 aliphatic rings. The van der Waals surface area contributed by atoms with Crippen LogP contribution in [0.25, 0.3) is 20.8 Å². The van der Waals surface area contributed by atoms with Crippen LogP contribution in [0.5, 0.6) is 0 Å². The van der Waals surface area contributed by atoms with Gasteiger partial charge in [-0.15, -0.1) is 11.3 Å². The van der Waals surface area contributed by atoms with E-state index >= 15 is 0 Å². The topological polar surface area (TPSA) is 68.3 Å². The van der Waals surface area contributed by atoms with Crippen LogP contribution in [-0.2, 0) is 9.53 Å². The smallest absolute Gasteiger partial charge is 0.339 e. The largest absolute Gasteiger partial charge is 0.449 e. The van der Waals surface area contributed by atoms with Crippen molar-refractivity contribution < 1.29 is 14.3 Å². The molecule has 1 unspecified atom stereocenters. The van der Waals surface area contributed by atoms with Gasteiger partial charge in [-0.2, -0.15) is 0 Å². The highest BCUT2D eigenvalue weighted by molar-refractivity contribution is 7.21. The summed E-state index contributed by atoms with van der Waals surface area (Å²) in [5.74, 6) is -0.942. The van der Waals surface area contributed by atoms with Gasteiger partial charge in [0.15, 0.2) is 6.10 Å². The molecule has 1 atom stereocenters. The van der Waals surface area contributed by atoms with E-state index < -0.39 is 12.1 Å². The number of fused-ring (bicyclic) bond motifs is 1. The zero-order chi connectivity index (χ0) is 21.1. The molecule has 150 valence electrons. The minimum atomic E-state index is -0.943. The van der Waals surface area contributed by atoms with E-state index in [2.05, 4.69) is 10.3 Å². The molecule has 0 radical (unpaired) electrons. The summed E-state index contributed by atoms with van der Waals surface area (Å²) < 4.78 is 6.51. The summed E-state index contributed by atoms with van der Waals surface area (Å²) in [6.07, 6.45) is -0.943. The van der Waals surface area contributed by atoms with Gasteiger partial charge in [-0.1, -0.05) is 42.5 Å². The lowest BCUT2D eigenvalue weighted by molar-refractivity contribution is -0.123. The number of amides is 1. The Morgan fingerprint density at radius 1 is 1.00 bits per heavy atom.